The third-order valence-electron chi connectivity index (χ3n) is 2.48. The number of aromatic nitrogens is 1. The van der Waals surface area contributed by atoms with Crippen LogP contribution in [0, 0.1) is 0 Å². The minimum Gasteiger partial charge on any atom is -0.361 e. The first-order valence-corrected chi connectivity index (χ1v) is 6.30. The number of nitrogens with zero attached hydrogens (tertiary/aromatic N) is 1. The van der Waals surface area contributed by atoms with E-state index in [4.69, 9.17) is 4.52 Å². The number of aryl methyl sites for hydroxylation is 1. The average molecular weight is 280 g/mol. The normalized spacial score (nSPS) is 10.6. The predicted molar refractivity (Wildman–Crippen MR) is 68.3 cm³/mol. The molecule has 0 atom stereocenters. The first-order valence-electron chi connectivity index (χ1n) is 5.51. The molecule has 2 nitrogen and oxygen atoms in total. The topological polar surface area (TPSA) is 26.0 Å². The molecule has 1 aromatic carbocycles. The number of hydrogen-bond acceptors (Lipinski definition) is 2. The van der Waals surface area contributed by atoms with Crippen molar-refractivity contribution in [2.75, 3.05) is 0 Å². The summed E-state index contributed by atoms with van der Waals surface area (Å²) in [4.78, 5) is 0. The predicted octanol–water partition coefficient (Wildman–Crippen LogP) is 4.45. The van der Waals surface area contributed by atoms with Crippen molar-refractivity contribution < 1.29 is 4.52 Å². The average Bonchev–Trinajstić information content (AvgIpc) is 2.76. The van der Waals surface area contributed by atoms with Crippen LogP contribution in [0.2, 0.25) is 0 Å². The Morgan fingerprint density at radius 3 is 2.69 bits per heavy atom. The molecule has 0 fully saturated rings. The summed E-state index contributed by atoms with van der Waals surface area (Å²) in [6.45, 7) is 2.17. The minimum absolute atomic E-state index is 0.915. The second-order valence-corrected chi connectivity index (χ2v) is 4.70. The zero-order valence-electron chi connectivity index (χ0n) is 9.24. The van der Waals surface area contributed by atoms with Crippen LogP contribution in [0.25, 0.3) is 11.3 Å². The number of rotatable bonds is 4. The van der Waals surface area contributed by atoms with Crippen molar-refractivity contribution in [1.82, 2.24) is 5.16 Å². The van der Waals surface area contributed by atoms with Crippen LogP contribution in [0.5, 0.6) is 0 Å². The van der Waals surface area contributed by atoms with Crippen molar-refractivity contribution in [2.24, 2.45) is 0 Å². The molecule has 0 spiro atoms. The fourth-order valence-corrected chi connectivity index (χ4v) is 1.80. The molecule has 84 valence electrons. The van der Waals surface area contributed by atoms with E-state index in [-0.39, 0.29) is 0 Å². The molecule has 0 aliphatic carbocycles. The molecule has 0 unspecified atom stereocenters. The standard InChI is InChI=1S/C13H14BrNO/c1-2-3-4-12-9-13(15-16-12)10-5-7-11(14)8-6-10/h5-9H,2-4H2,1H3. The van der Waals surface area contributed by atoms with Gasteiger partial charge in [0, 0.05) is 22.5 Å². The Bertz CT molecular complexity index is 447. The quantitative estimate of drug-likeness (QED) is 0.827. The molecule has 0 aliphatic heterocycles. The molecular formula is C13H14BrNO. The lowest BCUT2D eigenvalue weighted by Gasteiger charge is -1.94. The smallest absolute Gasteiger partial charge is 0.137 e. The van der Waals surface area contributed by atoms with Crippen molar-refractivity contribution in [3.05, 3.63) is 40.6 Å². The summed E-state index contributed by atoms with van der Waals surface area (Å²) in [6, 6.07) is 10.1. The van der Waals surface area contributed by atoms with Crippen molar-refractivity contribution in [3.63, 3.8) is 0 Å². The first-order chi connectivity index (χ1) is 7.79. The molecule has 2 aromatic rings. The molecule has 0 radical (unpaired) electrons. The van der Waals surface area contributed by atoms with Gasteiger partial charge in [0.1, 0.15) is 11.5 Å². The van der Waals surface area contributed by atoms with Gasteiger partial charge < -0.3 is 4.52 Å². The summed E-state index contributed by atoms with van der Waals surface area (Å²) < 4.78 is 6.36. The summed E-state index contributed by atoms with van der Waals surface area (Å²) in [5, 5.41) is 4.08. The van der Waals surface area contributed by atoms with Crippen LogP contribution in [-0.2, 0) is 6.42 Å². The molecule has 1 aromatic heterocycles. The van der Waals surface area contributed by atoms with Crippen LogP contribution in [0.3, 0.4) is 0 Å². The fraction of sp³-hybridized carbons (Fsp3) is 0.308. The van der Waals surface area contributed by atoms with E-state index >= 15 is 0 Å². The Kier molecular flexibility index (Phi) is 3.78. The first kappa shape index (κ1) is 11.4. The zero-order valence-corrected chi connectivity index (χ0v) is 10.8. The van der Waals surface area contributed by atoms with E-state index in [0.717, 1.165) is 34.3 Å². The van der Waals surface area contributed by atoms with E-state index in [0.29, 0.717) is 0 Å². The molecule has 2 rings (SSSR count). The van der Waals surface area contributed by atoms with E-state index < -0.39 is 0 Å². The molecule has 1 heterocycles. The van der Waals surface area contributed by atoms with Crippen molar-refractivity contribution in [1.29, 1.82) is 0 Å². The SMILES string of the molecule is CCCCc1cc(-c2ccc(Br)cc2)no1. The van der Waals surface area contributed by atoms with Gasteiger partial charge in [0.25, 0.3) is 0 Å². The molecule has 16 heavy (non-hydrogen) atoms. The molecule has 3 heteroatoms. The second-order valence-electron chi connectivity index (χ2n) is 3.79. The van der Waals surface area contributed by atoms with Gasteiger partial charge in [-0.25, -0.2) is 0 Å². The summed E-state index contributed by atoms with van der Waals surface area (Å²) in [5.41, 5.74) is 2.01. The van der Waals surface area contributed by atoms with Gasteiger partial charge in [-0.05, 0) is 18.6 Å². The Labute approximate surface area is 104 Å². The van der Waals surface area contributed by atoms with Crippen LogP contribution in [0.4, 0.5) is 0 Å². The molecular weight excluding hydrogens is 266 g/mol. The lowest BCUT2D eigenvalue weighted by atomic mass is 10.1. The lowest BCUT2D eigenvalue weighted by molar-refractivity contribution is 0.382. The van der Waals surface area contributed by atoms with Crippen LogP contribution >= 0.6 is 15.9 Å². The Morgan fingerprint density at radius 1 is 1.25 bits per heavy atom. The summed E-state index contributed by atoms with van der Waals surface area (Å²) in [5.74, 6) is 0.972. The van der Waals surface area contributed by atoms with Gasteiger partial charge in [0.05, 0.1) is 0 Å². The van der Waals surface area contributed by atoms with Crippen LogP contribution in [0.1, 0.15) is 25.5 Å². The van der Waals surface area contributed by atoms with Crippen LogP contribution in [-0.4, -0.2) is 5.16 Å². The molecule has 0 saturated carbocycles. The Balaban J connectivity index is 2.15. The maximum absolute atomic E-state index is 5.29. The molecule has 0 aliphatic rings. The highest BCUT2D eigenvalue weighted by molar-refractivity contribution is 9.10. The second kappa shape index (κ2) is 5.30. The van der Waals surface area contributed by atoms with Gasteiger partial charge >= 0.3 is 0 Å². The van der Waals surface area contributed by atoms with E-state index in [9.17, 15) is 0 Å². The third-order valence-corrected chi connectivity index (χ3v) is 3.00. The molecule has 0 bridgehead atoms. The van der Waals surface area contributed by atoms with Gasteiger partial charge in [0.2, 0.25) is 0 Å². The zero-order chi connectivity index (χ0) is 11.4. The van der Waals surface area contributed by atoms with E-state index in [1.807, 2.05) is 30.3 Å². The number of unbranched alkanes of at least 4 members (excludes halogenated alkanes) is 1. The maximum Gasteiger partial charge on any atom is 0.137 e. The summed E-state index contributed by atoms with van der Waals surface area (Å²) in [6.07, 6.45) is 3.29. The summed E-state index contributed by atoms with van der Waals surface area (Å²) >= 11 is 3.41. The maximum atomic E-state index is 5.29. The number of halogens is 1. The van der Waals surface area contributed by atoms with Gasteiger partial charge in [0.15, 0.2) is 0 Å². The van der Waals surface area contributed by atoms with Crippen LogP contribution < -0.4 is 0 Å². The van der Waals surface area contributed by atoms with Crippen LogP contribution in [0.15, 0.2) is 39.3 Å². The van der Waals surface area contributed by atoms with Gasteiger partial charge in [-0.3, -0.25) is 0 Å². The Hall–Kier alpha value is -1.09. The van der Waals surface area contributed by atoms with Gasteiger partial charge in [-0.1, -0.05) is 46.6 Å². The highest BCUT2D eigenvalue weighted by Gasteiger charge is 2.05. The highest BCUT2D eigenvalue weighted by Crippen LogP contribution is 2.22. The summed E-state index contributed by atoms with van der Waals surface area (Å²) in [7, 11) is 0. The minimum atomic E-state index is 0.915. The Morgan fingerprint density at radius 2 is 2.00 bits per heavy atom. The highest BCUT2D eigenvalue weighted by atomic mass is 79.9. The van der Waals surface area contributed by atoms with Crippen molar-refractivity contribution >= 4 is 15.9 Å². The number of hydrogen-bond donors (Lipinski definition) is 0. The molecule has 0 N–H and O–H groups in total. The third kappa shape index (κ3) is 2.73. The van der Waals surface area contributed by atoms with Gasteiger partial charge in [-0.15, -0.1) is 0 Å². The number of benzene rings is 1. The van der Waals surface area contributed by atoms with Crippen molar-refractivity contribution in [2.45, 2.75) is 26.2 Å². The van der Waals surface area contributed by atoms with E-state index in [1.54, 1.807) is 0 Å². The molecule has 0 saturated heterocycles. The van der Waals surface area contributed by atoms with Crippen molar-refractivity contribution in [3.8, 4) is 11.3 Å². The monoisotopic (exact) mass is 279 g/mol. The largest absolute Gasteiger partial charge is 0.361 e. The molecule has 0 amide bonds. The fourth-order valence-electron chi connectivity index (χ4n) is 1.54. The van der Waals surface area contributed by atoms with E-state index in [1.165, 1.54) is 6.42 Å². The lowest BCUT2D eigenvalue weighted by Crippen LogP contribution is -1.79. The van der Waals surface area contributed by atoms with Gasteiger partial charge in [-0.2, -0.15) is 0 Å². The van der Waals surface area contributed by atoms with E-state index in [2.05, 4.69) is 28.0 Å².